The molecular weight excluding hydrogens is 382 g/mol. The summed E-state index contributed by atoms with van der Waals surface area (Å²) in [7, 11) is 0. The van der Waals surface area contributed by atoms with E-state index in [0.717, 1.165) is 5.56 Å². The van der Waals surface area contributed by atoms with Gasteiger partial charge in [-0.2, -0.15) is 9.78 Å². The van der Waals surface area contributed by atoms with Crippen LogP contribution in [0.1, 0.15) is 17.0 Å². The summed E-state index contributed by atoms with van der Waals surface area (Å²) in [6, 6.07) is 18.9. The molecule has 4 aromatic rings. The maximum atomic E-state index is 13.0. The summed E-state index contributed by atoms with van der Waals surface area (Å²) in [6.45, 7) is 1.98. The van der Waals surface area contributed by atoms with E-state index in [9.17, 15) is 15.0 Å². The standard InChI is InChI=1S/C23H19N3O4/c1-15-6-2-5-9-21(15)30-14-22-25-18-8-4-3-7-17(18)23(29)26(22)24-13-16-10-11-19(27)20(28)12-16/h2-13,27-28H,14H2,1H3/b24-13-. The number of hydrogen-bond donors (Lipinski definition) is 2. The van der Waals surface area contributed by atoms with E-state index in [4.69, 9.17) is 4.74 Å². The second-order valence-corrected chi connectivity index (χ2v) is 6.71. The molecule has 0 unspecified atom stereocenters. The molecule has 4 rings (SSSR count). The third-order valence-corrected chi connectivity index (χ3v) is 4.59. The van der Waals surface area contributed by atoms with E-state index in [-0.39, 0.29) is 23.7 Å². The van der Waals surface area contributed by atoms with Crippen molar-refractivity contribution in [2.24, 2.45) is 5.10 Å². The fourth-order valence-electron chi connectivity index (χ4n) is 2.99. The fourth-order valence-corrected chi connectivity index (χ4v) is 2.99. The van der Waals surface area contributed by atoms with Crippen molar-refractivity contribution in [2.45, 2.75) is 13.5 Å². The molecule has 3 aromatic carbocycles. The normalized spacial score (nSPS) is 11.2. The van der Waals surface area contributed by atoms with Gasteiger partial charge in [-0.05, 0) is 54.4 Å². The third kappa shape index (κ3) is 3.86. The van der Waals surface area contributed by atoms with Gasteiger partial charge in [0, 0.05) is 0 Å². The molecule has 0 radical (unpaired) electrons. The Morgan fingerprint density at radius 3 is 2.60 bits per heavy atom. The maximum Gasteiger partial charge on any atom is 0.282 e. The van der Waals surface area contributed by atoms with Crippen molar-refractivity contribution < 1.29 is 14.9 Å². The van der Waals surface area contributed by atoms with Gasteiger partial charge in [-0.15, -0.1) is 0 Å². The van der Waals surface area contributed by atoms with Crippen molar-refractivity contribution in [3.63, 3.8) is 0 Å². The minimum atomic E-state index is -0.330. The van der Waals surface area contributed by atoms with Crippen LogP contribution in [0, 0.1) is 6.92 Å². The number of aryl methyl sites for hydroxylation is 1. The highest BCUT2D eigenvalue weighted by Crippen LogP contribution is 2.24. The molecule has 0 saturated heterocycles. The number of fused-ring (bicyclic) bond motifs is 1. The van der Waals surface area contributed by atoms with Gasteiger partial charge in [0.1, 0.15) is 12.4 Å². The predicted molar refractivity (Wildman–Crippen MR) is 114 cm³/mol. The van der Waals surface area contributed by atoms with E-state index in [2.05, 4.69) is 10.1 Å². The van der Waals surface area contributed by atoms with Crippen LogP contribution in [0.2, 0.25) is 0 Å². The number of nitrogens with zero attached hydrogens (tertiary/aromatic N) is 3. The van der Waals surface area contributed by atoms with Crippen LogP contribution in [0.5, 0.6) is 17.2 Å². The van der Waals surface area contributed by atoms with Gasteiger partial charge in [-0.1, -0.05) is 30.3 Å². The largest absolute Gasteiger partial charge is 0.504 e. The molecule has 0 amide bonds. The Kier molecular flexibility index (Phi) is 5.17. The van der Waals surface area contributed by atoms with Crippen molar-refractivity contribution in [1.82, 2.24) is 9.66 Å². The minimum Gasteiger partial charge on any atom is -0.504 e. The van der Waals surface area contributed by atoms with E-state index >= 15 is 0 Å². The highest BCUT2D eigenvalue weighted by molar-refractivity contribution is 5.81. The van der Waals surface area contributed by atoms with Crippen LogP contribution in [-0.2, 0) is 6.61 Å². The molecule has 0 aliphatic heterocycles. The Hall–Kier alpha value is -4.13. The highest BCUT2D eigenvalue weighted by atomic mass is 16.5. The topological polar surface area (TPSA) is 96.9 Å². The fraction of sp³-hybridized carbons (Fsp3) is 0.0870. The molecule has 0 spiro atoms. The Bertz CT molecular complexity index is 1310. The summed E-state index contributed by atoms with van der Waals surface area (Å²) in [5, 5.41) is 23.8. The average Bonchev–Trinajstić information content (AvgIpc) is 2.75. The first-order valence-corrected chi connectivity index (χ1v) is 9.28. The van der Waals surface area contributed by atoms with Gasteiger partial charge in [-0.3, -0.25) is 4.79 Å². The second kappa shape index (κ2) is 8.08. The molecule has 30 heavy (non-hydrogen) atoms. The van der Waals surface area contributed by atoms with E-state index in [1.807, 2.05) is 37.3 Å². The Morgan fingerprint density at radius 1 is 1.03 bits per heavy atom. The van der Waals surface area contributed by atoms with Gasteiger partial charge in [0.2, 0.25) is 0 Å². The first kappa shape index (κ1) is 19.2. The summed E-state index contributed by atoms with van der Waals surface area (Å²) in [5.41, 5.74) is 1.70. The lowest BCUT2D eigenvalue weighted by Crippen LogP contribution is -2.23. The Morgan fingerprint density at radius 2 is 1.80 bits per heavy atom. The first-order valence-electron chi connectivity index (χ1n) is 9.28. The predicted octanol–water partition coefficient (Wildman–Crippen LogP) is 3.58. The number of benzene rings is 3. The van der Waals surface area contributed by atoms with Crippen LogP contribution in [0.25, 0.3) is 10.9 Å². The summed E-state index contributed by atoms with van der Waals surface area (Å²) in [5.74, 6) is 0.523. The second-order valence-electron chi connectivity index (χ2n) is 6.71. The number of rotatable bonds is 5. The molecule has 7 nitrogen and oxygen atoms in total. The van der Waals surface area contributed by atoms with Gasteiger partial charge in [0.15, 0.2) is 17.3 Å². The quantitative estimate of drug-likeness (QED) is 0.394. The molecule has 1 heterocycles. The van der Waals surface area contributed by atoms with E-state index in [1.165, 1.54) is 23.0 Å². The lowest BCUT2D eigenvalue weighted by molar-refractivity contribution is 0.287. The monoisotopic (exact) mass is 401 g/mol. The number of phenolic OH excluding ortho intramolecular Hbond substituents is 2. The average molecular weight is 401 g/mol. The molecule has 7 heteroatoms. The molecule has 0 bridgehead atoms. The molecule has 0 aliphatic carbocycles. The first-order chi connectivity index (χ1) is 14.5. The highest BCUT2D eigenvalue weighted by Gasteiger charge is 2.12. The number of para-hydroxylation sites is 2. The molecular formula is C23H19N3O4. The summed E-state index contributed by atoms with van der Waals surface area (Å²) in [6.07, 6.45) is 1.41. The van der Waals surface area contributed by atoms with Gasteiger partial charge in [-0.25, -0.2) is 4.98 Å². The van der Waals surface area contributed by atoms with Crippen LogP contribution < -0.4 is 10.3 Å². The zero-order valence-electron chi connectivity index (χ0n) is 16.2. The van der Waals surface area contributed by atoms with Crippen molar-refractivity contribution in [3.05, 3.63) is 94.0 Å². The molecule has 0 aliphatic rings. The van der Waals surface area contributed by atoms with Crippen molar-refractivity contribution in [1.29, 1.82) is 0 Å². The molecule has 2 N–H and O–H groups in total. The lowest BCUT2D eigenvalue weighted by atomic mass is 10.2. The molecule has 1 aromatic heterocycles. The van der Waals surface area contributed by atoms with Gasteiger partial charge in [0.25, 0.3) is 5.56 Å². The van der Waals surface area contributed by atoms with Gasteiger partial charge >= 0.3 is 0 Å². The van der Waals surface area contributed by atoms with Crippen LogP contribution in [0.3, 0.4) is 0 Å². The van der Waals surface area contributed by atoms with E-state index in [0.29, 0.717) is 28.0 Å². The number of aromatic hydroxyl groups is 2. The van der Waals surface area contributed by atoms with Crippen molar-refractivity contribution >= 4 is 17.1 Å². The Labute approximate surface area is 172 Å². The van der Waals surface area contributed by atoms with Gasteiger partial charge < -0.3 is 14.9 Å². The van der Waals surface area contributed by atoms with Crippen molar-refractivity contribution in [3.8, 4) is 17.2 Å². The smallest absolute Gasteiger partial charge is 0.282 e. The summed E-state index contributed by atoms with van der Waals surface area (Å²) < 4.78 is 7.07. The molecule has 0 atom stereocenters. The van der Waals surface area contributed by atoms with Crippen LogP contribution in [0.15, 0.2) is 76.6 Å². The SMILES string of the molecule is Cc1ccccc1OCc1nc2ccccc2c(=O)n1/N=C\c1ccc(O)c(O)c1. The number of ether oxygens (including phenoxy) is 1. The van der Waals surface area contributed by atoms with E-state index < -0.39 is 0 Å². The number of phenols is 2. The molecule has 150 valence electrons. The van der Waals surface area contributed by atoms with Crippen molar-refractivity contribution in [2.75, 3.05) is 0 Å². The van der Waals surface area contributed by atoms with Gasteiger partial charge in [0.05, 0.1) is 17.1 Å². The van der Waals surface area contributed by atoms with E-state index in [1.54, 1.807) is 24.3 Å². The summed E-state index contributed by atoms with van der Waals surface area (Å²) in [4.78, 5) is 17.6. The zero-order chi connectivity index (χ0) is 21.1. The molecule has 0 saturated carbocycles. The van der Waals surface area contributed by atoms with Crippen LogP contribution >= 0.6 is 0 Å². The lowest BCUT2D eigenvalue weighted by Gasteiger charge is -2.12. The van der Waals surface area contributed by atoms with Crippen LogP contribution in [-0.4, -0.2) is 26.1 Å². The Balaban J connectivity index is 1.75. The number of hydrogen-bond acceptors (Lipinski definition) is 6. The minimum absolute atomic E-state index is 0.0447. The maximum absolute atomic E-state index is 13.0. The van der Waals surface area contributed by atoms with Crippen LogP contribution in [0.4, 0.5) is 0 Å². The molecule has 0 fully saturated rings. The third-order valence-electron chi connectivity index (χ3n) is 4.59. The number of aromatic nitrogens is 2. The summed E-state index contributed by atoms with van der Waals surface area (Å²) >= 11 is 0. The zero-order valence-corrected chi connectivity index (χ0v) is 16.2.